The van der Waals surface area contributed by atoms with Crippen molar-refractivity contribution in [1.82, 2.24) is 9.13 Å². The molecule has 3 nitrogen and oxygen atoms in total. The number of rotatable bonds is 4. The molecule has 9 rings (SSSR count). The number of hydrogen-bond donors (Lipinski definition) is 0. The monoisotopic (exact) mass is 590 g/mol. The normalized spacial score (nSPS) is 13.2. The van der Waals surface area contributed by atoms with E-state index >= 15 is 0 Å². The third-order valence-electron chi connectivity index (χ3n) is 9.37. The van der Waals surface area contributed by atoms with E-state index in [1.807, 2.05) is 39.5 Å². The van der Waals surface area contributed by atoms with Gasteiger partial charge < -0.3 is 0 Å². The molecule has 3 heteroatoms. The molecule has 7 aromatic carbocycles. The Morgan fingerprint density at radius 1 is 0.500 bits per heavy atom. The van der Waals surface area contributed by atoms with Crippen molar-refractivity contribution in [2.75, 3.05) is 0 Å². The molecule has 1 aliphatic rings. The van der Waals surface area contributed by atoms with E-state index in [1.165, 1.54) is 49.0 Å². The lowest BCUT2D eigenvalue weighted by Crippen LogP contribution is -2.22. The summed E-state index contributed by atoms with van der Waals surface area (Å²) in [5.74, 6) is 0. The minimum atomic E-state index is -0.0582. The highest BCUT2D eigenvalue weighted by Crippen LogP contribution is 2.45. The Bertz CT molecular complexity index is 2540. The highest BCUT2D eigenvalue weighted by Gasteiger charge is 2.21. The lowest BCUT2D eigenvalue weighted by atomic mass is 9.84. The van der Waals surface area contributed by atoms with Crippen LogP contribution < -0.4 is 5.69 Å². The molecule has 8 aromatic rings. The zero-order valence-electron chi connectivity index (χ0n) is 25.2. The first-order chi connectivity index (χ1) is 22.8. The van der Waals surface area contributed by atoms with Crippen LogP contribution in [0.15, 0.2) is 163 Å². The van der Waals surface area contributed by atoms with Crippen LogP contribution >= 0.6 is 0 Å². The number of benzene rings is 7. The number of para-hydroxylation sites is 1. The van der Waals surface area contributed by atoms with E-state index < -0.39 is 0 Å². The second-order valence-electron chi connectivity index (χ2n) is 12.0. The summed E-state index contributed by atoms with van der Waals surface area (Å²) in [6.07, 6.45) is 8.30. The van der Waals surface area contributed by atoms with Crippen LogP contribution in [0.5, 0.6) is 0 Å². The minimum Gasteiger partial charge on any atom is -0.261 e. The molecule has 0 unspecified atom stereocenters. The zero-order chi connectivity index (χ0) is 30.6. The van der Waals surface area contributed by atoms with Crippen LogP contribution in [0.1, 0.15) is 12.8 Å². The third kappa shape index (κ3) is 4.02. The fourth-order valence-corrected chi connectivity index (χ4v) is 7.37. The first-order valence-corrected chi connectivity index (χ1v) is 15.9. The molecule has 218 valence electrons. The second kappa shape index (κ2) is 10.6. The maximum absolute atomic E-state index is 14.2. The molecule has 0 N–H and O–H groups in total. The molecule has 46 heavy (non-hydrogen) atoms. The van der Waals surface area contributed by atoms with E-state index in [4.69, 9.17) is 0 Å². The Kier molecular flexibility index (Phi) is 6.10. The molecule has 0 saturated carbocycles. The maximum atomic E-state index is 14.2. The molecule has 0 radical (unpaired) electrons. The molecule has 0 spiro atoms. The molecule has 0 bridgehead atoms. The van der Waals surface area contributed by atoms with Crippen LogP contribution in [0.2, 0.25) is 0 Å². The van der Waals surface area contributed by atoms with E-state index in [1.54, 1.807) is 0 Å². The van der Waals surface area contributed by atoms with Crippen LogP contribution in [-0.4, -0.2) is 9.13 Å². The van der Waals surface area contributed by atoms with Crippen LogP contribution in [0.3, 0.4) is 0 Å². The molecule has 1 aromatic heterocycles. The Labute approximate surface area is 266 Å². The van der Waals surface area contributed by atoms with Gasteiger partial charge in [-0.25, -0.2) is 4.79 Å². The van der Waals surface area contributed by atoms with Crippen molar-refractivity contribution in [1.29, 1.82) is 0 Å². The molecule has 0 saturated heterocycles. The largest absolute Gasteiger partial charge is 0.338 e. The Morgan fingerprint density at radius 2 is 1.13 bits per heavy atom. The smallest absolute Gasteiger partial charge is 0.261 e. The summed E-state index contributed by atoms with van der Waals surface area (Å²) in [5, 5.41) is 7.28. The average Bonchev–Trinajstić information content (AvgIpc) is 3.41. The van der Waals surface area contributed by atoms with E-state index in [9.17, 15) is 4.79 Å². The summed E-state index contributed by atoms with van der Waals surface area (Å²) in [4.78, 5) is 14.2. The van der Waals surface area contributed by atoms with E-state index in [2.05, 4.69) is 127 Å². The van der Waals surface area contributed by atoms with Gasteiger partial charge in [-0.05, 0) is 97.8 Å². The number of aromatic nitrogens is 2. The van der Waals surface area contributed by atoms with Crippen molar-refractivity contribution >= 4 is 49.0 Å². The van der Waals surface area contributed by atoms with Gasteiger partial charge in [-0.1, -0.05) is 127 Å². The van der Waals surface area contributed by atoms with Gasteiger partial charge in [-0.15, -0.1) is 0 Å². The molecule has 0 aliphatic heterocycles. The Morgan fingerprint density at radius 3 is 1.83 bits per heavy atom. The van der Waals surface area contributed by atoms with E-state index in [0.717, 1.165) is 40.8 Å². The van der Waals surface area contributed by atoms with Crippen LogP contribution in [0.25, 0.3) is 77.0 Å². The first-order valence-electron chi connectivity index (χ1n) is 15.9. The first kappa shape index (κ1) is 26.5. The fraction of sp³-hybridized carbons (Fsp3) is 0.0465. The molecule has 1 heterocycles. The predicted molar refractivity (Wildman–Crippen MR) is 194 cm³/mol. The lowest BCUT2D eigenvalue weighted by molar-refractivity contribution is 0.930. The molecule has 0 amide bonds. The van der Waals surface area contributed by atoms with Crippen LogP contribution in [0.4, 0.5) is 0 Å². The third-order valence-corrected chi connectivity index (χ3v) is 9.37. The second-order valence-corrected chi connectivity index (χ2v) is 12.0. The van der Waals surface area contributed by atoms with Crippen molar-refractivity contribution in [3.8, 4) is 27.9 Å². The number of fused-ring (bicyclic) bond motifs is 4. The molecular weight excluding hydrogens is 560 g/mol. The SMILES string of the molecule is O=c1n(C2=CCCC=C2)c2ccc(-c3c4ccccc4c(-c4cccc5ccccc45)c4ccccc34)cc2n1-c1ccccc1. The number of imidazole rings is 1. The summed E-state index contributed by atoms with van der Waals surface area (Å²) in [7, 11) is 0. The fourth-order valence-electron chi connectivity index (χ4n) is 7.37. The van der Waals surface area contributed by atoms with Crippen molar-refractivity contribution in [3.63, 3.8) is 0 Å². The van der Waals surface area contributed by atoms with Gasteiger partial charge in [0.25, 0.3) is 0 Å². The Hall–Kier alpha value is -5.93. The highest BCUT2D eigenvalue weighted by atomic mass is 16.1. The number of allylic oxidation sites excluding steroid dienone is 4. The average molecular weight is 591 g/mol. The van der Waals surface area contributed by atoms with Crippen LogP contribution in [-0.2, 0) is 0 Å². The van der Waals surface area contributed by atoms with Crippen molar-refractivity contribution in [2.45, 2.75) is 12.8 Å². The molecule has 0 atom stereocenters. The summed E-state index contributed by atoms with van der Waals surface area (Å²) < 4.78 is 3.72. The van der Waals surface area contributed by atoms with E-state index in [0.29, 0.717) is 0 Å². The minimum absolute atomic E-state index is 0.0582. The standard InChI is InChI=1S/C43H30N2O/c46-43-44(31-16-3-1-4-17-31)39-27-26-30(28-40(39)45(43)32-18-5-2-6-19-32)41-35-21-9-11-23-37(35)42(38-24-12-10-22-36(38)41)34-25-13-15-29-14-7-8-20-33(29)34/h2-3,5-28H,1,4H2. The van der Waals surface area contributed by atoms with Gasteiger partial charge >= 0.3 is 5.69 Å². The molecule has 0 fully saturated rings. The van der Waals surface area contributed by atoms with Gasteiger partial charge in [-0.3, -0.25) is 9.13 Å². The number of hydrogen-bond acceptors (Lipinski definition) is 1. The quantitative estimate of drug-likeness (QED) is 0.187. The van der Waals surface area contributed by atoms with Gasteiger partial charge in [0, 0.05) is 5.70 Å². The van der Waals surface area contributed by atoms with Gasteiger partial charge in [0.2, 0.25) is 0 Å². The van der Waals surface area contributed by atoms with Crippen molar-refractivity contribution in [2.24, 2.45) is 0 Å². The summed E-state index contributed by atoms with van der Waals surface area (Å²) in [6.45, 7) is 0. The van der Waals surface area contributed by atoms with Crippen molar-refractivity contribution in [3.05, 3.63) is 168 Å². The molecular formula is C43H30N2O. The summed E-state index contributed by atoms with van der Waals surface area (Å²) in [5.41, 5.74) is 8.25. The topological polar surface area (TPSA) is 26.9 Å². The van der Waals surface area contributed by atoms with Crippen LogP contribution in [0, 0.1) is 0 Å². The van der Waals surface area contributed by atoms with E-state index in [-0.39, 0.29) is 5.69 Å². The lowest BCUT2D eigenvalue weighted by Gasteiger charge is -2.19. The zero-order valence-corrected chi connectivity index (χ0v) is 25.2. The van der Waals surface area contributed by atoms with Gasteiger partial charge in [-0.2, -0.15) is 0 Å². The Balaban J connectivity index is 1.38. The molecule has 1 aliphatic carbocycles. The predicted octanol–water partition coefficient (Wildman–Crippen LogP) is 10.8. The maximum Gasteiger partial charge on any atom is 0.338 e. The van der Waals surface area contributed by atoms with Gasteiger partial charge in [0.1, 0.15) is 0 Å². The van der Waals surface area contributed by atoms with Gasteiger partial charge in [0.05, 0.1) is 16.7 Å². The highest BCUT2D eigenvalue weighted by molar-refractivity contribution is 6.23. The summed E-state index contributed by atoms with van der Waals surface area (Å²) >= 11 is 0. The van der Waals surface area contributed by atoms with Gasteiger partial charge in [0.15, 0.2) is 0 Å². The summed E-state index contributed by atoms with van der Waals surface area (Å²) in [6, 6.07) is 49.2. The van der Waals surface area contributed by atoms with Crippen molar-refractivity contribution < 1.29 is 0 Å². The number of nitrogens with zero attached hydrogens (tertiary/aromatic N) is 2.